The second kappa shape index (κ2) is 8.05. The van der Waals surface area contributed by atoms with Crippen molar-refractivity contribution in [3.05, 3.63) is 0 Å². The Balaban J connectivity index is 1.41. The van der Waals surface area contributed by atoms with Gasteiger partial charge in [0.25, 0.3) is 0 Å². The van der Waals surface area contributed by atoms with Crippen molar-refractivity contribution in [2.45, 2.75) is 136 Å². The van der Waals surface area contributed by atoms with Gasteiger partial charge in [0.15, 0.2) is 0 Å². The molecule has 7 unspecified atom stereocenters. The minimum absolute atomic E-state index is 0.419. The highest BCUT2D eigenvalue weighted by molar-refractivity contribution is 5.10. The molecule has 30 heavy (non-hydrogen) atoms. The second-order valence-corrected chi connectivity index (χ2v) is 13.3. The van der Waals surface area contributed by atoms with Crippen LogP contribution in [0.3, 0.4) is 0 Å². The lowest BCUT2D eigenvalue weighted by atomic mass is 9.44. The van der Waals surface area contributed by atoms with E-state index < -0.39 is 11.2 Å². The van der Waals surface area contributed by atoms with E-state index in [1.807, 2.05) is 6.92 Å². The van der Waals surface area contributed by atoms with Gasteiger partial charge < -0.3 is 10.2 Å². The smallest absolute Gasteiger partial charge is 0.0622 e. The van der Waals surface area contributed by atoms with Gasteiger partial charge in [0.2, 0.25) is 0 Å². The third-order valence-electron chi connectivity index (χ3n) is 11.2. The van der Waals surface area contributed by atoms with Crippen LogP contribution in [0.4, 0.5) is 0 Å². The monoisotopic (exact) mass is 418 g/mol. The molecule has 4 rings (SSSR count). The van der Waals surface area contributed by atoms with E-state index in [-0.39, 0.29) is 0 Å². The molecular formula is C28H50O2. The largest absolute Gasteiger partial charge is 0.390 e. The van der Waals surface area contributed by atoms with Gasteiger partial charge in [0.05, 0.1) is 11.2 Å². The van der Waals surface area contributed by atoms with E-state index in [2.05, 4.69) is 27.7 Å². The molecule has 0 aromatic carbocycles. The number of rotatable bonds is 6. The van der Waals surface area contributed by atoms with Crippen LogP contribution >= 0.6 is 0 Å². The minimum Gasteiger partial charge on any atom is -0.390 e. The highest BCUT2D eigenvalue weighted by Gasteiger charge is 2.60. The summed E-state index contributed by atoms with van der Waals surface area (Å²) in [5.74, 6) is 4.37. The molecule has 0 aliphatic heterocycles. The fourth-order valence-electron chi connectivity index (χ4n) is 9.41. The van der Waals surface area contributed by atoms with Gasteiger partial charge in [-0.25, -0.2) is 0 Å². The van der Waals surface area contributed by atoms with Gasteiger partial charge in [-0.05, 0) is 131 Å². The molecule has 4 aliphatic carbocycles. The molecule has 4 saturated carbocycles. The van der Waals surface area contributed by atoms with Gasteiger partial charge >= 0.3 is 0 Å². The highest BCUT2D eigenvalue weighted by Crippen LogP contribution is 2.68. The summed E-state index contributed by atoms with van der Waals surface area (Å²) in [6.07, 6.45) is 17.3. The van der Waals surface area contributed by atoms with Crippen LogP contribution in [0.15, 0.2) is 0 Å². The Hall–Kier alpha value is -0.0800. The molecule has 2 heteroatoms. The molecule has 2 nitrogen and oxygen atoms in total. The van der Waals surface area contributed by atoms with Gasteiger partial charge in [-0.2, -0.15) is 0 Å². The summed E-state index contributed by atoms with van der Waals surface area (Å²) in [6, 6.07) is 0. The zero-order valence-corrected chi connectivity index (χ0v) is 20.7. The summed E-state index contributed by atoms with van der Waals surface area (Å²) in [6.45, 7) is 11.6. The Morgan fingerprint density at radius 3 is 2.33 bits per heavy atom. The summed E-state index contributed by atoms with van der Waals surface area (Å²) >= 11 is 0. The SMILES string of the molecule is CCCC(C)(O)CCC[C@H]1CCC2C3CCC4C[C@@](C)(O)CCC4(C)C3CCC21C. The van der Waals surface area contributed by atoms with Crippen molar-refractivity contribution < 1.29 is 10.2 Å². The van der Waals surface area contributed by atoms with Crippen molar-refractivity contribution in [2.75, 3.05) is 0 Å². The fourth-order valence-corrected chi connectivity index (χ4v) is 9.41. The Morgan fingerprint density at radius 2 is 1.60 bits per heavy atom. The molecule has 0 aromatic rings. The van der Waals surface area contributed by atoms with Crippen molar-refractivity contribution in [1.82, 2.24) is 0 Å². The van der Waals surface area contributed by atoms with E-state index in [9.17, 15) is 10.2 Å². The Bertz CT molecular complexity index is 610. The molecule has 4 aliphatic rings. The first-order valence-electron chi connectivity index (χ1n) is 13.5. The van der Waals surface area contributed by atoms with Crippen molar-refractivity contribution >= 4 is 0 Å². The Morgan fingerprint density at radius 1 is 0.867 bits per heavy atom. The molecule has 4 fully saturated rings. The maximum Gasteiger partial charge on any atom is 0.0622 e. The predicted molar refractivity (Wildman–Crippen MR) is 125 cm³/mol. The molecule has 0 heterocycles. The average Bonchev–Trinajstić information content (AvgIpc) is 2.99. The van der Waals surface area contributed by atoms with Crippen LogP contribution in [-0.4, -0.2) is 21.4 Å². The number of hydrogen-bond acceptors (Lipinski definition) is 2. The van der Waals surface area contributed by atoms with Crippen molar-refractivity contribution in [3.63, 3.8) is 0 Å². The van der Waals surface area contributed by atoms with E-state index in [1.165, 1.54) is 57.8 Å². The van der Waals surface area contributed by atoms with E-state index in [0.29, 0.717) is 10.8 Å². The van der Waals surface area contributed by atoms with Gasteiger partial charge in [-0.1, -0.05) is 33.6 Å². The molecule has 9 atom stereocenters. The van der Waals surface area contributed by atoms with Crippen LogP contribution in [0.1, 0.15) is 125 Å². The van der Waals surface area contributed by atoms with E-state index in [1.54, 1.807) is 0 Å². The van der Waals surface area contributed by atoms with Crippen LogP contribution in [0, 0.1) is 40.4 Å². The maximum atomic E-state index is 10.7. The Labute approximate surface area is 186 Å². The van der Waals surface area contributed by atoms with E-state index in [0.717, 1.165) is 61.7 Å². The van der Waals surface area contributed by atoms with E-state index in [4.69, 9.17) is 0 Å². The van der Waals surface area contributed by atoms with Crippen molar-refractivity contribution in [1.29, 1.82) is 0 Å². The number of hydrogen-bond donors (Lipinski definition) is 2. The zero-order valence-electron chi connectivity index (χ0n) is 20.7. The van der Waals surface area contributed by atoms with Crippen LogP contribution in [0.25, 0.3) is 0 Å². The van der Waals surface area contributed by atoms with Gasteiger partial charge in [-0.3, -0.25) is 0 Å². The standard InChI is InChI=1S/C28H50O2/c1-6-14-25(2,29)15-7-8-20-10-12-23-22-11-9-21-19-26(3,30)17-18-28(21,5)24(22)13-16-27(20,23)4/h20-24,29-30H,6-19H2,1-5H3/t20-,21?,22?,23?,24?,25?,26-,27?,28?/m0/s1. The molecule has 174 valence electrons. The fraction of sp³-hybridized carbons (Fsp3) is 1.00. The van der Waals surface area contributed by atoms with E-state index >= 15 is 0 Å². The highest BCUT2D eigenvalue weighted by atomic mass is 16.3. The maximum absolute atomic E-state index is 10.7. The minimum atomic E-state index is -0.458. The van der Waals surface area contributed by atoms with Gasteiger partial charge in [0, 0.05) is 0 Å². The zero-order chi connectivity index (χ0) is 21.8. The average molecular weight is 419 g/mol. The normalized spacial score (nSPS) is 50.3. The molecule has 0 aromatic heterocycles. The van der Waals surface area contributed by atoms with Crippen molar-refractivity contribution in [2.24, 2.45) is 40.4 Å². The lowest BCUT2D eigenvalue weighted by Crippen LogP contribution is -2.55. The van der Waals surface area contributed by atoms with Crippen LogP contribution < -0.4 is 0 Å². The summed E-state index contributed by atoms with van der Waals surface area (Å²) in [4.78, 5) is 0. The molecule has 0 radical (unpaired) electrons. The van der Waals surface area contributed by atoms with Gasteiger partial charge in [-0.15, -0.1) is 0 Å². The molecular weight excluding hydrogens is 368 g/mol. The van der Waals surface area contributed by atoms with Gasteiger partial charge in [0.1, 0.15) is 0 Å². The molecule has 0 amide bonds. The third kappa shape index (κ3) is 4.02. The Kier molecular flexibility index (Phi) is 6.20. The van der Waals surface area contributed by atoms with Crippen LogP contribution in [0.2, 0.25) is 0 Å². The lowest BCUT2D eigenvalue weighted by molar-refractivity contribution is -0.146. The number of fused-ring (bicyclic) bond motifs is 5. The van der Waals surface area contributed by atoms with Crippen LogP contribution in [-0.2, 0) is 0 Å². The summed E-state index contributed by atoms with van der Waals surface area (Å²) < 4.78 is 0. The lowest BCUT2D eigenvalue weighted by Gasteiger charge is -2.62. The molecule has 2 N–H and O–H groups in total. The summed E-state index contributed by atoms with van der Waals surface area (Å²) in [5, 5.41) is 21.3. The quantitative estimate of drug-likeness (QED) is 0.482. The van der Waals surface area contributed by atoms with Crippen molar-refractivity contribution in [3.8, 4) is 0 Å². The molecule has 0 spiro atoms. The number of aliphatic hydroxyl groups is 2. The first-order valence-corrected chi connectivity index (χ1v) is 13.5. The first kappa shape index (κ1) is 23.1. The second-order valence-electron chi connectivity index (χ2n) is 13.3. The topological polar surface area (TPSA) is 40.5 Å². The summed E-state index contributed by atoms with van der Waals surface area (Å²) in [5.41, 5.74) is 0.142. The predicted octanol–water partition coefficient (Wildman–Crippen LogP) is 7.12. The third-order valence-corrected chi connectivity index (χ3v) is 11.2. The summed E-state index contributed by atoms with van der Waals surface area (Å²) in [7, 11) is 0. The van der Waals surface area contributed by atoms with Crippen LogP contribution in [0.5, 0.6) is 0 Å². The molecule has 0 bridgehead atoms. The first-order chi connectivity index (χ1) is 14.0. The molecule has 0 saturated heterocycles.